The maximum Gasteiger partial charge on any atom is 0.243 e. The Morgan fingerprint density at radius 1 is 1.29 bits per heavy atom. The molecule has 2 heterocycles. The number of aromatic nitrogens is 2. The first kappa shape index (κ1) is 14.2. The number of hydrogen-bond acceptors (Lipinski definition) is 5. The molecule has 2 atom stereocenters. The fourth-order valence-corrected chi connectivity index (χ4v) is 2.91. The summed E-state index contributed by atoms with van der Waals surface area (Å²) >= 11 is 0. The van der Waals surface area contributed by atoms with Crippen molar-refractivity contribution >= 4 is 0 Å². The average molecular weight is 287 g/mol. The van der Waals surface area contributed by atoms with Gasteiger partial charge < -0.3 is 14.6 Å². The van der Waals surface area contributed by atoms with Crippen LogP contribution in [0, 0.1) is 13.8 Å². The van der Waals surface area contributed by atoms with Crippen LogP contribution in [-0.4, -0.2) is 29.9 Å². The molecule has 112 valence electrons. The number of hydrogen-bond donors (Lipinski definition) is 1. The molecule has 1 N–H and O–H groups in total. The first-order valence-electron chi connectivity index (χ1n) is 7.30. The maximum atomic E-state index is 5.39. The molecule has 1 fully saturated rings. The van der Waals surface area contributed by atoms with Crippen LogP contribution in [0.1, 0.15) is 40.9 Å². The summed E-state index contributed by atoms with van der Waals surface area (Å²) < 4.78 is 10.7. The lowest BCUT2D eigenvalue weighted by atomic mass is 10.1. The van der Waals surface area contributed by atoms with Crippen LogP contribution in [0.3, 0.4) is 0 Å². The van der Waals surface area contributed by atoms with Crippen molar-refractivity contribution < 1.29 is 9.26 Å². The molecule has 3 rings (SSSR count). The molecule has 0 spiro atoms. The molecule has 0 saturated carbocycles. The van der Waals surface area contributed by atoms with Gasteiger partial charge in [0.1, 0.15) is 0 Å². The van der Waals surface area contributed by atoms with Crippen molar-refractivity contribution in [3.05, 3.63) is 46.6 Å². The highest BCUT2D eigenvalue weighted by Crippen LogP contribution is 2.23. The van der Waals surface area contributed by atoms with E-state index in [1.807, 2.05) is 0 Å². The molecule has 0 amide bonds. The highest BCUT2D eigenvalue weighted by Gasteiger charge is 2.29. The number of methoxy groups -OCH3 is 1. The fourth-order valence-electron chi connectivity index (χ4n) is 2.91. The Morgan fingerprint density at radius 3 is 2.71 bits per heavy atom. The van der Waals surface area contributed by atoms with E-state index in [1.165, 1.54) is 16.7 Å². The Labute approximate surface area is 124 Å². The highest BCUT2D eigenvalue weighted by atomic mass is 16.5. The van der Waals surface area contributed by atoms with Crippen LogP contribution >= 0.6 is 0 Å². The van der Waals surface area contributed by atoms with Crippen molar-refractivity contribution in [2.24, 2.45) is 0 Å². The smallest absolute Gasteiger partial charge is 0.243 e. The molecule has 2 aromatic rings. The summed E-state index contributed by atoms with van der Waals surface area (Å²) in [4.78, 5) is 4.52. The molecule has 0 aliphatic carbocycles. The second kappa shape index (κ2) is 5.95. The van der Waals surface area contributed by atoms with Gasteiger partial charge >= 0.3 is 0 Å². The molecule has 1 saturated heterocycles. The van der Waals surface area contributed by atoms with E-state index in [0.29, 0.717) is 12.3 Å². The van der Waals surface area contributed by atoms with Gasteiger partial charge in [0.2, 0.25) is 5.89 Å². The van der Waals surface area contributed by atoms with Gasteiger partial charge in [-0.2, -0.15) is 4.98 Å². The zero-order chi connectivity index (χ0) is 14.8. The predicted octanol–water partition coefficient (Wildman–Crippen LogP) is 2.33. The molecular weight excluding hydrogens is 266 g/mol. The Balaban J connectivity index is 1.70. The van der Waals surface area contributed by atoms with Crippen LogP contribution in [0.2, 0.25) is 0 Å². The first-order chi connectivity index (χ1) is 10.1. The zero-order valence-corrected chi connectivity index (χ0v) is 12.7. The van der Waals surface area contributed by atoms with Gasteiger partial charge in [0.15, 0.2) is 5.82 Å². The quantitative estimate of drug-likeness (QED) is 0.935. The average Bonchev–Trinajstić information content (AvgIpc) is 3.05. The third-order valence-corrected chi connectivity index (χ3v) is 3.85. The van der Waals surface area contributed by atoms with Gasteiger partial charge in [-0.1, -0.05) is 34.5 Å². The molecule has 1 aliphatic rings. The van der Waals surface area contributed by atoms with Crippen molar-refractivity contribution in [1.82, 2.24) is 15.5 Å². The van der Waals surface area contributed by atoms with Crippen molar-refractivity contribution in [3.8, 4) is 0 Å². The second-order valence-corrected chi connectivity index (χ2v) is 5.78. The number of nitrogens with zero attached hydrogens (tertiary/aromatic N) is 2. The van der Waals surface area contributed by atoms with Gasteiger partial charge in [0, 0.05) is 20.1 Å². The monoisotopic (exact) mass is 287 g/mol. The molecular formula is C16H21N3O2. The number of nitrogens with one attached hydrogen (secondary N) is 1. The minimum Gasteiger partial charge on any atom is -0.380 e. The maximum absolute atomic E-state index is 5.39. The third-order valence-electron chi connectivity index (χ3n) is 3.85. The third kappa shape index (κ3) is 3.31. The normalized spacial score (nSPS) is 21.9. The minimum atomic E-state index is 0.107. The van der Waals surface area contributed by atoms with E-state index in [0.717, 1.165) is 18.8 Å². The van der Waals surface area contributed by atoms with Crippen LogP contribution in [0.5, 0.6) is 0 Å². The van der Waals surface area contributed by atoms with Gasteiger partial charge in [-0.15, -0.1) is 0 Å². The molecule has 1 aromatic heterocycles. The Bertz CT molecular complexity index is 603. The van der Waals surface area contributed by atoms with E-state index < -0.39 is 0 Å². The van der Waals surface area contributed by atoms with Crippen molar-refractivity contribution in [2.45, 2.75) is 38.8 Å². The summed E-state index contributed by atoms with van der Waals surface area (Å²) in [5, 5.41) is 7.45. The van der Waals surface area contributed by atoms with E-state index in [2.05, 4.69) is 47.5 Å². The standard InChI is InChI=1S/C16H21N3O2/c1-10-4-11(2)6-12(5-10)7-15-18-16(21-19-15)14-8-13(20-3)9-17-14/h4-6,13-14,17H,7-9H2,1-3H3/t13-,14+/m0/s1. The van der Waals surface area contributed by atoms with Crippen molar-refractivity contribution in [3.63, 3.8) is 0 Å². The summed E-state index contributed by atoms with van der Waals surface area (Å²) in [7, 11) is 1.73. The molecule has 1 aromatic carbocycles. The van der Waals surface area contributed by atoms with Crippen LogP contribution in [0.25, 0.3) is 0 Å². The van der Waals surface area contributed by atoms with Gasteiger partial charge in [0.25, 0.3) is 0 Å². The van der Waals surface area contributed by atoms with E-state index in [-0.39, 0.29) is 12.1 Å². The summed E-state index contributed by atoms with van der Waals surface area (Å²) in [6.07, 6.45) is 1.80. The van der Waals surface area contributed by atoms with Crippen molar-refractivity contribution in [1.29, 1.82) is 0 Å². The van der Waals surface area contributed by atoms with E-state index >= 15 is 0 Å². The summed E-state index contributed by atoms with van der Waals surface area (Å²) in [6.45, 7) is 5.03. The lowest BCUT2D eigenvalue weighted by Crippen LogP contribution is -2.16. The minimum absolute atomic E-state index is 0.107. The number of aryl methyl sites for hydroxylation is 2. The van der Waals surface area contributed by atoms with E-state index in [4.69, 9.17) is 9.26 Å². The lowest BCUT2D eigenvalue weighted by molar-refractivity contribution is 0.116. The Morgan fingerprint density at radius 2 is 2.05 bits per heavy atom. The van der Waals surface area contributed by atoms with Gasteiger partial charge in [0.05, 0.1) is 12.1 Å². The molecule has 0 bridgehead atoms. The molecule has 5 heteroatoms. The highest BCUT2D eigenvalue weighted by molar-refractivity contribution is 5.30. The molecule has 0 unspecified atom stereocenters. The fraction of sp³-hybridized carbons (Fsp3) is 0.500. The zero-order valence-electron chi connectivity index (χ0n) is 12.7. The topological polar surface area (TPSA) is 60.2 Å². The van der Waals surface area contributed by atoms with Crippen LogP contribution in [-0.2, 0) is 11.2 Å². The van der Waals surface area contributed by atoms with Crippen LogP contribution < -0.4 is 5.32 Å². The van der Waals surface area contributed by atoms with Gasteiger partial charge in [-0.05, 0) is 25.8 Å². The molecule has 1 aliphatic heterocycles. The number of rotatable bonds is 4. The summed E-state index contributed by atoms with van der Waals surface area (Å²) in [5.41, 5.74) is 3.73. The van der Waals surface area contributed by atoms with Crippen LogP contribution in [0.15, 0.2) is 22.7 Å². The van der Waals surface area contributed by atoms with Gasteiger partial charge in [-0.25, -0.2) is 0 Å². The number of benzene rings is 1. The second-order valence-electron chi connectivity index (χ2n) is 5.78. The Hall–Kier alpha value is -1.72. The van der Waals surface area contributed by atoms with Crippen LogP contribution in [0.4, 0.5) is 0 Å². The SMILES string of the molecule is CO[C@@H]1CN[C@@H](c2nc(Cc3cc(C)cc(C)c3)no2)C1. The van der Waals surface area contributed by atoms with Crippen molar-refractivity contribution in [2.75, 3.05) is 13.7 Å². The number of ether oxygens (including phenoxy) is 1. The largest absolute Gasteiger partial charge is 0.380 e. The van der Waals surface area contributed by atoms with E-state index in [9.17, 15) is 0 Å². The Kier molecular flexibility index (Phi) is 4.03. The van der Waals surface area contributed by atoms with Gasteiger partial charge in [-0.3, -0.25) is 0 Å². The molecule has 21 heavy (non-hydrogen) atoms. The predicted molar refractivity (Wildman–Crippen MR) is 79.2 cm³/mol. The molecule has 0 radical (unpaired) electrons. The molecule has 5 nitrogen and oxygen atoms in total. The summed E-state index contributed by atoms with van der Waals surface area (Å²) in [5.74, 6) is 1.39. The summed E-state index contributed by atoms with van der Waals surface area (Å²) in [6, 6.07) is 6.60. The van der Waals surface area contributed by atoms with E-state index in [1.54, 1.807) is 7.11 Å². The first-order valence-corrected chi connectivity index (χ1v) is 7.30. The lowest BCUT2D eigenvalue weighted by Gasteiger charge is -2.04.